The van der Waals surface area contributed by atoms with Crippen molar-refractivity contribution in [3.63, 3.8) is 0 Å². The zero-order valence-corrected chi connectivity index (χ0v) is 13.0. The number of amides is 1. The number of hydrogen-bond acceptors (Lipinski definition) is 4. The molecule has 0 spiro atoms. The van der Waals surface area contributed by atoms with Crippen molar-refractivity contribution < 1.29 is 14.3 Å². The topological polar surface area (TPSA) is 69.4 Å². The van der Waals surface area contributed by atoms with Crippen LogP contribution in [0.3, 0.4) is 0 Å². The van der Waals surface area contributed by atoms with Crippen LogP contribution in [-0.2, 0) is 14.3 Å². The van der Waals surface area contributed by atoms with E-state index in [1.54, 1.807) is 0 Å². The van der Waals surface area contributed by atoms with Crippen molar-refractivity contribution in [2.75, 3.05) is 0 Å². The van der Waals surface area contributed by atoms with E-state index in [-0.39, 0.29) is 0 Å². The number of thioether (sulfide) groups is 1. The molecule has 114 valence electrons. The second-order valence-electron chi connectivity index (χ2n) is 4.70. The van der Waals surface area contributed by atoms with Gasteiger partial charge in [-0.1, -0.05) is 48.5 Å². The van der Waals surface area contributed by atoms with E-state index in [4.69, 9.17) is 10.5 Å². The van der Waals surface area contributed by atoms with Crippen LogP contribution in [0.4, 0.5) is 0 Å². The van der Waals surface area contributed by atoms with E-state index in [1.807, 2.05) is 60.7 Å². The van der Waals surface area contributed by atoms with Crippen LogP contribution < -0.4 is 5.73 Å². The van der Waals surface area contributed by atoms with Crippen LogP contribution in [0, 0.1) is 0 Å². The molecule has 1 amide bonds. The van der Waals surface area contributed by atoms with Crippen molar-refractivity contribution in [1.82, 2.24) is 0 Å². The zero-order valence-electron chi connectivity index (χ0n) is 12.1. The van der Waals surface area contributed by atoms with Gasteiger partial charge in [0.2, 0.25) is 0 Å². The number of hydrogen-bond donors (Lipinski definition) is 1. The Hall–Kier alpha value is -2.27. The van der Waals surface area contributed by atoms with Crippen molar-refractivity contribution in [3.05, 3.63) is 66.2 Å². The molecular weight excluding hydrogens is 298 g/mol. The summed E-state index contributed by atoms with van der Waals surface area (Å²) in [6.45, 7) is 1.47. The van der Waals surface area contributed by atoms with E-state index in [0.29, 0.717) is 0 Å². The fourth-order valence-corrected chi connectivity index (χ4v) is 2.84. The minimum absolute atomic E-state index is 0.480. The molecule has 0 aliphatic carbocycles. The molecule has 0 aromatic heterocycles. The summed E-state index contributed by atoms with van der Waals surface area (Å²) >= 11 is 1.38. The fourth-order valence-electron chi connectivity index (χ4n) is 1.81. The lowest BCUT2D eigenvalue weighted by atomic mass is 10.1. The van der Waals surface area contributed by atoms with Gasteiger partial charge in [-0.2, -0.15) is 0 Å². The minimum atomic E-state index is -0.949. The summed E-state index contributed by atoms with van der Waals surface area (Å²) in [4.78, 5) is 24.4. The molecule has 5 heteroatoms. The molecule has 2 aromatic carbocycles. The largest absolute Gasteiger partial charge is 0.451 e. The van der Waals surface area contributed by atoms with Crippen LogP contribution >= 0.6 is 11.8 Å². The summed E-state index contributed by atoms with van der Waals surface area (Å²) in [5, 5.41) is -0.551. The van der Waals surface area contributed by atoms with Gasteiger partial charge >= 0.3 is 5.97 Å². The Bertz CT molecular complexity index is 631. The van der Waals surface area contributed by atoms with Gasteiger partial charge in [-0.15, -0.1) is 11.8 Å². The van der Waals surface area contributed by atoms with Crippen LogP contribution in [0.5, 0.6) is 0 Å². The molecule has 0 saturated carbocycles. The first-order valence-corrected chi connectivity index (χ1v) is 7.72. The monoisotopic (exact) mass is 315 g/mol. The van der Waals surface area contributed by atoms with Crippen LogP contribution in [0.25, 0.3) is 0 Å². The first-order chi connectivity index (χ1) is 10.6. The summed E-state index contributed by atoms with van der Waals surface area (Å²) < 4.78 is 5.17. The van der Waals surface area contributed by atoms with Gasteiger partial charge in [-0.3, -0.25) is 9.59 Å². The van der Waals surface area contributed by atoms with Crippen LogP contribution in [-0.4, -0.2) is 18.0 Å². The maximum Gasteiger partial charge on any atom is 0.324 e. The molecule has 0 unspecified atom stereocenters. The van der Waals surface area contributed by atoms with Crippen molar-refractivity contribution in [2.24, 2.45) is 5.73 Å². The van der Waals surface area contributed by atoms with E-state index in [9.17, 15) is 9.59 Å². The zero-order chi connectivity index (χ0) is 15.9. The predicted molar refractivity (Wildman–Crippen MR) is 86.2 cm³/mol. The number of benzene rings is 2. The predicted octanol–water partition coefficient (Wildman–Crippen LogP) is 2.94. The molecule has 2 aromatic rings. The molecule has 2 rings (SSSR count). The van der Waals surface area contributed by atoms with Gasteiger partial charge in [0.1, 0.15) is 5.25 Å². The van der Waals surface area contributed by atoms with Gasteiger partial charge in [0.05, 0.1) is 0 Å². The lowest BCUT2D eigenvalue weighted by molar-refractivity contribution is -0.153. The smallest absolute Gasteiger partial charge is 0.324 e. The third kappa shape index (κ3) is 4.36. The average Bonchev–Trinajstić information content (AvgIpc) is 2.54. The van der Waals surface area contributed by atoms with E-state index < -0.39 is 23.2 Å². The summed E-state index contributed by atoms with van der Waals surface area (Å²) in [6, 6.07) is 18.9. The highest BCUT2D eigenvalue weighted by atomic mass is 32.2. The summed E-state index contributed by atoms with van der Waals surface area (Å²) in [6.07, 6.45) is -0.949. The standard InChI is InChI=1S/C17H17NO3S/c1-12(16(18)19)21-17(20)15(13-8-4-2-5-9-13)22-14-10-6-3-7-11-14/h2-12,15H,1H3,(H2,18,19)/t12-,15-/m0/s1. The molecular formula is C17H17NO3S. The number of rotatable bonds is 6. The highest BCUT2D eigenvalue weighted by molar-refractivity contribution is 8.00. The number of ether oxygens (including phenoxy) is 1. The first-order valence-electron chi connectivity index (χ1n) is 6.84. The number of esters is 1. The number of carbonyl (C=O) groups excluding carboxylic acids is 2. The fraction of sp³-hybridized carbons (Fsp3) is 0.176. The van der Waals surface area contributed by atoms with E-state index in [2.05, 4.69) is 0 Å². The molecule has 0 heterocycles. The second kappa shape index (κ2) is 7.66. The van der Waals surface area contributed by atoms with Gasteiger partial charge in [-0.25, -0.2) is 0 Å². The molecule has 0 radical (unpaired) electrons. The van der Waals surface area contributed by atoms with E-state index in [0.717, 1.165) is 10.5 Å². The van der Waals surface area contributed by atoms with Crippen molar-refractivity contribution in [3.8, 4) is 0 Å². The van der Waals surface area contributed by atoms with Crippen LogP contribution in [0.1, 0.15) is 17.7 Å². The third-order valence-electron chi connectivity index (χ3n) is 3.01. The summed E-state index contributed by atoms with van der Waals surface area (Å²) in [5.41, 5.74) is 5.97. The average molecular weight is 315 g/mol. The molecule has 2 atom stereocenters. The van der Waals surface area contributed by atoms with Gasteiger partial charge in [-0.05, 0) is 24.6 Å². The van der Waals surface area contributed by atoms with Gasteiger partial charge < -0.3 is 10.5 Å². The Kier molecular flexibility index (Phi) is 5.61. The quantitative estimate of drug-likeness (QED) is 0.657. The minimum Gasteiger partial charge on any atom is -0.451 e. The highest BCUT2D eigenvalue weighted by Crippen LogP contribution is 2.36. The van der Waals surface area contributed by atoms with Gasteiger partial charge in [0.15, 0.2) is 6.10 Å². The molecule has 0 fully saturated rings. The van der Waals surface area contributed by atoms with Crippen molar-refractivity contribution in [1.29, 1.82) is 0 Å². The van der Waals surface area contributed by atoms with Gasteiger partial charge in [0, 0.05) is 4.90 Å². The lowest BCUT2D eigenvalue weighted by Crippen LogP contribution is -2.31. The summed E-state index contributed by atoms with van der Waals surface area (Å²) in [7, 11) is 0. The molecule has 22 heavy (non-hydrogen) atoms. The van der Waals surface area contributed by atoms with E-state index in [1.165, 1.54) is 18.7 Å². The summed E-state index contributed by atoms with van der Waals surface area (Å²) in [5.74, 6) is -1.14. The van der Waals surface area contributed by atoms with Crippen LogP contribution in [0.15, 0.2) is 65.6 Å². The number of nitrogens with two attached hydrogens (primary N) is 1. The molecule has 0 aliphatic rings. The van der Waals surface area contributed by atoms with Crippen molar-refractivity contribution >= 4 is 23.6 Å². The van der Waals surface area contributed by atoms with Crippen LogP contribution in [0.2, 0.25) is 0 Å². The maximum absolute atomic E-state index is 12.4. The Morgan fingerprint density at radius 3 is 2.09 bits per heavy atom. The van der Waals surface area contributed by atoms with Crippen molar-refractivity contribution in [2.45, 2.75) is 23.2 Å². The SMILES string of the molecule is C[C@H](OC(=O)[C@@H](Sc1ccccc1)c1ccccc1)C(N)=O. The third-order valence-corrected chi connectivity index (χ3v) is 4.25. The number of carbonyl (C=O) groups is 2. The molecule has 4 nitrogen and oxygen atoms in total. The normalized spacial score (nSPS) is 13.1. The highest BCUT2D eigenvalue weighted by Gasteiger charge is 2.26. The van der Waals surface area contributed by atoms with E-state index >= 15 is 0 Å². The second-order valence-corrected chi connectivity index (χ2v) is 5.88. The molecule has 0 saturated heterocycles. The Balaban J connectivity index is 2.22. The Labute approximate surface area is 133 Å². The molecule has 0 aliphatic heterocycles. The Morgan fingerprint density at radius 1 is 1.00 bits per heavy atom. The Morgan fingerprint density at radius 2 is 1.55 bits per heavy atom. The maximum atomic E-state index is 12.4. The molecule has 2 N–H and O–H groups in total. The molecule has 0 bridgehead atoms. The van der Waals surface area contributed by atoms with Gasteiger partial charge in [0.25, 0.3) is 5.91 Å². The lowest BCUT2D eigenvalue weighted by Gasteiger charge is -2.18. The first kappa shape index (κ1) is 16.1. The number of primary amides is 1.